The maximum atomic E-state index is 12.3. The van der Waals surface area contributed by atoms with Crippen LogP contribution in [0.25, 0.3) is 0 Å². The van der Waals surface area contributed by atoms with Gasteiger partial charge in [-0.3, -0.25) is 14.6 Å². The van der Waals surface area contributed by atoms with E-state index in [0.717, 1.165) is 18.5 Å². The molecule has 0 saturated heterocycles. The number of carbonyl (C=O) groups excluding carboxylic acids is 2. The smallest absolute Gasteiger partial charge is 0.257 e. The van der Waals surface area contributed by atoms with Crippen LogP contribution in [0.4, 0.5) is 5.69 Å². The van der Waals surface area contributed by atoms with Gasteiger partial charge in [-0.1, -0.05) is 12.1 Å². The van der Waals surface area contributed by atoms with Crippen LogP contribution in [-0.4, -0.2) is 22.8 Å². The number of hydrogen-bond acceptors (Lipinski definition) is 3. The number of aromatic nitrogens is 1. The fourth-order valence-electron chi connectivity index (χ4n) is 2.08. The molecule has 1 aliphatic carbocycles. The van der Waals surface area contributed by atoms with Crippen molar-refractivity contribution >= 4 is 17.5 Å². The van der Waals surface area contributed by atoms with E-state index in [-0.39, 0.29) is 17.9 Å². The van der Waals surface area contributed by atoms with Crippen molar-refractivity contribution in [3.05, 3.63) is 59.4 Å². The summed E-state index contributed by atoms with van der Waals surface area (Å²) in [5, 5.41) is 5.71. The highest BCUT2D eigenvalue weighted by atomic mass is 16.2. The molecule has 2 amide bonds. The second-order valence-corrected chi connectivity index (χ2v) is 5.44. The first-order valence-electron chi connectivity index (χ1n) is 7.27. The minimum absolute atomic E-state index is 0.152. The van der Waals surface area contributed by atoms with Crippen molar-refractivity contribution in [2.75, 3.05) is 5.32 Å². The number of hydrogen-bond donors (Lipinski definition) is 2. The molecule has 0 atom stereocenters. The van der Waals surface area contributed by atoms with Crippen molar-refractivity contribution in [1.82, 2.24) is 10.3 Å². The van der Waals surface area contributed by atoms with Crippen molar-refractivity contribution in [3.8, 4) is 0 Å². The summed E-state index contributed by atoms with van der Waals surface area (Å²) < 4.78 is 0. The fourth-order valence-corrected chi connectivity index (χ4v) is 2.08. The number of carbonyl (C=O) groups is 2. The lowest BCUT2D eigenvalue weighted by atomic mass is 10.1. The van der Waals surface area contributed by atoms with Crippen molar-refractivity contribution < 1.29 is 9.59 Å². The average Bonchev–Trinajstić information content (AvgIpc) is 3.32. The van der Waals surface area contributed by atoms with E-state index in [1.54, 1.807) is 36.4 Å². The molecular weight excluding hydrogens is 278 g/mol. The SMILES string of the molecule is Cc1ccc(C(=O)Nc2ccccc2C(=O)NC2CC2)cn1. The maximum Gasteiger partial charge on any atom is 0.257 e. The molecule has 1 fully saturated rings. The molecule has 1 aromatic heterocycles. The first-order valence-corrected chi connectivity index (χ1v) is 7.27. The van der Waals surface area contributed by atoms with Gasteiger partial charge in [0.15, 0.2) is 0 Å². The molecule has 5 heteroatoms. The van der Waals surface area contributed by atoms with Gasteiger partial charge in [0.2, 0.25) is 0 Å². The molecule has 1 saturated carbocycles. The number of para-hydroxylation sites is 1. The number of nitrogens with zero attached hydrogens (tertiary/aromatic N) is 1. The molecule has 1 aliphatic rings. The molecule has 5 nitrogen and oxygen atoms in total. The van der Waals surface area contributed by atoms with Crippen molar-refractivity contribution in [2.24, 2.45) is 0 Å². The molecule has 0 aliphatic heterocycles. The van der Waals surface area contributed by atoms with Gasteiger partial charge in [0.25, 0.3) is 11.8 Å². The topological polar surface area (TPSA) is 71.1 Å². The Morgan fingerprint density at radius 3 is 2.55 bits per heavy atom. The Labute approximate surface area is 128 Å². The maximum absolute atomic E-state index is 12.3. The quantitative estimate of drug-likeness (QED) is 0.910. The minimum Gasteiger partial charge on any atom is -0.349 e. The standard InChI is InChI=1S/C17H17N3O2/c1-11-6-7-12(10-18-11)16(21)20-15-5-3-2-4-14(15)17(22)19-13-8-9-13/h2-7,10,13H,8-9H2,1H3,(H,19,22)(H,20,21). The van der Waals surface area contributed by atoms with E-state index in [1.807, 2.05) is 6.92 Å². The van der Waals surface area contributed by atoms with Gasteiger partial charge in [-0.05, 0) is 44.0 Å². The van der Waals surface area contributed by atoms with Crippen LogP contribution in [0, 0.1) is 6.92 Å². The van der Waals surface area contributed by atoms with Gasteiger partial charge in [-0.2, -0.15) is 0 Å². The van der Waals surface area contributed by atoms with E-state index >= 15 is 0 Å². The lowest BCUT2D eigenvalue weighted by molar-refractivity contribution is 0.0952. The normalized spacial score (nSPS) is 13.5. The Balaban J connectivity index is 1.78. The van der Waals surface area contributed by atoms with Crippen LogP contribution in [0.1, 0.15) is 39.3 Å². The van der Waals surface area contributed by atoms with Crippen LogP contribution in [-0.2, 0) is 0 Å². The Morgan fingerprint density at radius 2 is 1.86 bits per heavy atom. The number of nitrogens with one attached hydrogen (secondary N) is 2. The van der Waals surface area contributed by atoms with Crippen LogP contribution in [0.15, 0.2) is 42.6 Å². The first kappa shape index (κ1) is 14.3. The first-order chi connectivity index (χ1) is 10.6. The largest absolute Gasteiger partial charge is 0.349 e. The summed E-state index contributed by atoms with van der Waals surface area (Å²) in [6.45, 7) is 1.86. The summed E-state index contributed by atoms with van der Waals surface area (Å²) in [6.07, 6.45) is 3.57. The zero-order chi connectivity index (χ0) is 15.5. The lowest BCUT2D eigenvalue weighted by Crippen LogP contribution is -2.27. The number of aryl methyl sites for hydroxylation is 1. The van der Waals surface area contributed by atoms with Gasteiger partial charge in [0, 0.05) is 17.9 Å². The molecule has 0 bridgehead atoms. The van der Waals surface area contributed by atoms with Gasteiger partial charge in [0.1, 0.15) is 0 Å². The average molecular weight is 295 g/mol. The van der Waals surface area contributed by atoms with E-state index in [1.165, 1.54) is 6.20 Å². The summed E-state index contributed by atoms with van der Waals surface area (Å²) in [7, 11) is 0. The van der Waals surface area contributed by atoms with Crippen molar-refractivity contribution in [1.29, 1.82) is 0 Å². The summed E-state index contributed by atoms with van der Waals surface area (Å²) in [4.78, 5) is 28.6. The fraction of sp³-hybridized carbons (Fsp3) is 0.235. The van der Waals surface area contributed by atoms with E-state index in [0.29, 0.717) is 16.8 Å². The molecule has 0 unspecified atom stereocenters. The number of benzene rings is 1. The van der Waals surface area contributed by atoms with Gasteiger partial charge >= 0.3 is 0 Å². The summed E-state index contributed by atoms with van der Waals surface area (Å²) in [5.41, 5.74) is 2.29. The number of anilines is 1. The molecule has 2 aromatic rings. The number of pyridine rings is 1. The highest BCUT2D eigenvalue weighted by molar-refractivity contribution is 6.08. The van der Waals surface area contributed by atoms with Crippen LogP contribution >= 0.6 is 0 Å². The van der Waals surface area contributed by atoms with Gasteiger partial charge in [-0.15, -0.1) is 0 Å². The van der Waals surface area contributed by atoms with Gasteiger partial charge in [0.05, 0.1) is 16.8 Å². The molecule has 1 heterocycles. The second kappa shape index (κ2) is 5.97. The molecule has 112 valence electrons. The van der Waals surface area contributed by atoms with E-state index in [2.05, 4.69) is 15.6 Å². The predicted molar refractivity (Wildman–Crippen MR) is 83.9 cm³/mol. The van der Waals surface area contributed by atoms with E-state index in [9.17, 15) is 9.59 Å². The molecule has 0 spiro atoms. The molecule has 1 aromatic carbocycles. The highest BCUT2D eigenvalue weighted by Gasteiger charge is 2.25. The molecule has 2 N–H and O–H groups in total. The number of amides is 2. The zero-order valence-corrected chi connectivity index (χ0v) is 12.3. The van der Waals surface area contributed by atoms with Gasteiger partial charge < -0.3 is 10.6 Å². The Kier molecular flexibility index (Phi) is 3.87. The summed E-state index contributed by atoms with van der Waals surface area (Å²) in [6, 6.07) is 10.8. The van der Waals surface area contributed by atoms with Crippen LogP contribution in [0.5, 0.6) is 0 Å². The third-order valence-corrected chi connectivity index (χ3v) is 3.51. The third kappa shape index (κ3) is 3.31. The third-order valence-electron chi connectivity index (χ3n) is 3.51. The highest BCUT2D eigenvalue weighted by Crippen LogP contribution is 2.21. The van der Waals surface area contributed by atoms with Crippen molar-refractivity contribution in [3.63, 3.8) is 0 Å². The molecule has 3 rings (SSSR count). The molecular formula is C17H17N3O2. The molecule has 22 heavy (non-hydrogen) atoms. The second-order valence-electron chi connectivity index (χ2n) is 5.44. The Bertz CT molecular complexity index is 706. The van der Waals surface area contributed by atoms with E-state index in [4.69, 9.17) is 0 Å². The van der Waals surface area contributed by atoms with Crippen LogP contribution < -0.4 is 10.6 Å². The minimum atomic E-state index is -0.279. The van der Waals surface area contributed by atoms with Crippen LogP contribution in [0.2, 0.25) is 0 Å². The Hall–Kier alpha value is -2.69. The monoisotopic (exact) mass is 295 g/mol. The predicted octanol–water partition coefficient (Wildman–Crippen LogP) is 2.53. The van der Waals surface area contributed by atoms with Crippen molar-refractivity contribution in [2.45, 2.75) is 25.8 Å². The lowest BCUT2D eigenvalue weighted by Gasteiger charge is -2.11. The summed E-state index contributed by atoms with van der Waals surface area (Å²) in [5.74, 6) is -0.431. The zero-order valence-electron chi connectivity index (χ0n) is 12.3. The molecule has 0 radical (unpaired) electrons. The van der Waals surface area contributed by atoms with E-state index < -0.39 is 0 Å². The van der Waals surface area contributed by atoms with Gasteiger partial charge in [-0.25, -0.2) is 0 Å². The van der Waals surface area contributed by atoms with Crippen LogP contribution in [0.3, 0.4) is 0 Å². The Morgan fingerprint density at radius 1 is 1.09 bits per heavy atom. The summed E-state index contributed by atoms with van der Waals surface area (Å²) >= 11 is 0. The number of rotatable bonds is 4.